The minimum Gasteiger partial charge on any atom is -0.490 e. The zero-order valence-electron chi connectivity index (χ0n) is 13.5. The standard InChI is InChI=1S/C18H18BrNO3S/c1-3-22-15-6-4-5-12-9-13(11-23-17(12)15)18(21)20(2)10-14-7-8-16(19)24-14/h4-9H,3,10-11H2,1-2H3. The van der Waals surface area contributed by atoms with E-state index in [9.17, 15) is 4.79 Å². The lowest BCUT2D eigenvalue weighted by atomic mass is 10.1. The number of benzene rings is 1. The summed E-state index contributed by atoms with van der Waals surface area (Å²) in [4.78, 5) is 15.5. The molecule has 6 heteroatoms. The molecule has 0 saturated carbocycles. The quantitative estimate of drug-likeness (QED) is 0.739. The van der Waals surface area contributed by atoms with E-state index >= 15 is 0 Å². The molecule has 24 heavy (non-hydrogen) atoms. The van der Waals surface area contributed by atoms with E-state index in [1.54, 1.807) is 16.2 Å². The molecule has 0 aliphatic carbocycles. The van der Waals surface area contributed by atoms with Crippen LogP contribution >= 0.6 is 27.3 Å². The molecule has 0 radical (unpaired) electrons. The van der Waals surface area contributed by atoms with Gasteiger partial charge in [0.2, 0.25) is 0 Å². The number of likely N-dealkylation sites (N-methyl/N-ethyl adjacent to an activating group) is 1. The maximum atomic E-state index is 12.7. The van der Waals surface area contributed by atoms with Crippen molar-refractivity contribution >= 4 is 39.2 Å². The number of halogens is 1. The number of carbonyl (C=O) groups is 1. The zero-order valence-corrected chi connectivity index (χ0v) is 15.9. The number of ether oxygens (including phenoxy) is 2. The SMILES string of the molecule is CCOc1cccc2c1OCC(C(=O)N(C)Cc1ccc(Br)s1)=C2. The molecule has 1 aromatic carbocycles. The molecular weight excluding hydrogens is 390 g/mol. The maximum absolute atomic E-state index is 12.7. The zero-order chi connectivity index (χ0) is 17.1. The van der Waals surface area contributed by atoms with Gasteiger partial charge in [-0.25, -0.2) is 0 Å². The van der Waals surface area contributed by atoms with Crippen molar-refractivity contribution < 1.29 is 14.3 Å². The van der Waals surface area contributed by atoms with Gasteiger partial charge < -0.3 is 14.4 Å². The van der Waals surface area contributed by atoms with Crippen LogP contribution in [0.5, 0.6) is 11.5 Å². The fourth-order valence-electron chi connectivity index (χ4n) is 2.56. The topological polar surface area (TPSA) is 38.8 Å². The summed E-state index contributed by atoms with van der Waals surface area (Å²) in [5.74, 6) is 1.40. The number of fused-ring (bicyclic) bond motifs is 1. The van der Waals surface area contributed by atoms with Gasteiger partial charge in [0, 0.05) is 17.5 Å². The van der Waals surface area contributed by atoms with E-state index in [1.165, 1.54) is 0 Å². The van der Waals surface area contributed by atoms with Crippen molar-refractivity contribution in [2.24, 2.45) is 0 Å². The van der Waals surface area contributed by atoms with E-state index in [1.807, 2.05) is 50.4 Å². The summed E-state index contributed by atoms with van der Waals surface area (Å²) < 4.78 is 12.4. The van der Waals surface area contributed by atoms with Crippen molar-refractivity contribution in [1.82, 2.24) is 4.90 Å². The van der Waals surface area contributed by atoms with Crippen molar-refractivity contribution in [2.45, 2.75) is 13.5 Å². The highest BCUT2D eigenvalue weighted by Crippen LogP contribution is 2.36. The molecule has 0 spiro atoms. The van der Waals surface area contributed by atoms with Gasteiger partial charge in [-0.1, -0.05) is 12.1 Å². The minimum atomic E-state index is -0.0213. The first-order valence-electron chi connectivity index (χ1n) is 7.67. The van der Waals surface area contributed by atoms with Crippen LogP contribution in [0.2, 0.25) is 0 Å². The highest BCUT2D eigenvalue weighted by molar-refractivity contribution is 9.11. The molecule has 1 aromatic heterocycles. The molecule has 0 saturated heterocycles. The van der Waals surface area contributed by atoms with Crippen LogP contribution in [0.1, 0.15) is 17.4 Å². The Morgan fingerprint density at radius 3 is 2.92 bits per heavy atom. The van der Waals surface area contributed by atoms with E-state index in [0.29, 0.717) is 24.5 Å². The Morgan fingerprint density at radius 1 is 1.38 bits per heavy atom. The number of hydrogen-bond donors (Lipinski definition) is 0. The van der Waals surface area contributed by atoms with Gasteiger partial charge in [-0.05, 0) is 47.1 Å². The average Bonchev–Trinajstić information content (AvgIpc) is 2.99. The molecule has 0 atom stereocenters. The number of carbonyl (C=O) groups excluding carboxylic acids is 1. The summed E-state index contributed by atoms with van der Waals surface area (Å²) in [6, 6.07) is 9.73. The molecule has 1 aliphatic rings. The Labute approximate surface area is 153 Å². The van der Waals surface area contributed by atoms with Crippen molar-refractivity contribution in [3.8, 4) is 11.5 Å². The molecule has 0 bridgehead atoms. The van der Waals surface area contributed by atoms with Crippen LogP contribution in [0.4, 0.5) is 0 Å². The van der Waals surface area contributed by atoms with Gasteiger partial charge in [0.25, 0.3) is 5.91 Å². The van der Waals surface area contributed by atoms with E-state index in [-0.39, 0.29) is 12.5 Å². The lowest BCUT2D eigenvalue weighted by Gasteiger charge is -2.23. The molecule has 0 N–H and O–H groups in total. The highest BCUT2D eigenvalue weighted by Gasteiger charge is 2.22. The lowest BCUT2D eigenvalue weighted by molar-refractivity contribution is -0.126. The van der Waals surface area contributed by atoms with Gasteiger partial charge in [0.1, 0.15) is 6.61 Å². The highest BCUT2D eigenvalue weighted by atomic mass is 79.9. The van der Waals surface area contributed by atoms with Crippen LogP contribution in [-0.4, -0.2) is 31.1 Å². The summed E-state index contributed by atoms with van der Waals surface area (Å²) in [6.45, 7) is 3.35. The van der Waals surface area contributed by atoms with E-state index in [2.05, 4.69) is 15.9 Å². The van der Waals surface area contributed by atoms with Gasteiger partial charge in [-0.2, -0.15) is 0 Å². The Kier molecular flexibility index (Phi) is 5.26. The maximum Gasteiger partial charge on any atom is 0.253 e. The molecule has 1 amide bonds. The van der Waals surface area contributed by atoms with Crippen LogP contribution in [0.3, 0.4) is 0 Å². The second-order valence-electron chi connectivity index (χ2n) is 5.43. The molecule has 1 aliphatic heterocycles. The summed E-state index contributed by atoms with van der Waals surface area (Å²) >= 11 is 5.08. The summed E-state index contributed by atoms with van der Waals surface area (Å²) in [5.41, 5.74) is 1.53. The first kappa shape index (κ1) is 17.0. The minimum absolute atomic E-state index is 0.0213. The van der Waals surface area contributed by atoms with Crippen molar-refractivity contribution in [1.29, 1.82) is 0 Å². The number of rotatable bonds is 5. The fraction of sp³-hybridized carbons (Fsp3) is 0.278. The van der Waals surface area contributed by atoms with E-state index in [4.69, 9.17) is 9.47 Å². The average molecular weight is 408 g/mol. The van der Waals surface area contributed by atoms with E-state index in [0.717, 1.165) is 20.0 Å². The molecule has 4 nitrogen and oxygen atoms in total. The van der Waals surface area contributed by atoms with Crippen molar-refractivity contribution in [3.63, 3.8) is 0 Å². The van der Waals surface area contributed by atoms with Crippen LogP contribution < -0.4 is 9.47 Å². The first-order valence-corrected chi connectivity index (χ1v) is 9.28. The largest absolute Gasteiger partial charge is 0.490 e. The second-order valence-corrected chi connectivity index (χ2v) is 7.98. The third-order valence-corrected chi connectivity index (χ3v) is 5.26. The van der Waals surface area contributed by atoms with Gasteiger partial charge in [0.15, 0.2) is 11.5 Å². The predicted octanol–water partition coefficient (Wildman–Crippen LogP) is 4.34. The number of amides is 1. The molecule has 3 rings (SSSR count). The van der Waals surface area contributed by atoms with Gasteiger partial charge in [-0.15, -0.1) is 11.3 Å². The first-order chi connectivity index (χ1) is 11.6. The van der Waals surface area contributed by atoms with Crippen molar-refractivity contribution in [2.75, 3.05) is 20.3 Å². The number of thiophene rings is 1. The predicted molar refractivity (Wildman–Crippen MR) is 99.6 cm³/mol. The Bertz CT molecular complexity index is 784. The summed E-state index contributed by atoms with van der Waals surface area (Å²) in [6.07, 6.45) is 1.89. The Hall–Kier alpha value is -1.79. The van der Waals surface area contributed by atoms with Gasteiger partial charge >= 0.3 is 0 Å². The summed E-state index contributed by atoms with van der Waals surface area (Å²) in [5, 5.41) is 0. The normalized spacial score (nSPS) is 12.9. The number of para-hydroxylation sites is 1. The molecular formula is C18H18BrNO3S. The molecule has 0 unspecified atom stereocenters. The molecule has 126 valence electrons. The lowest BCUT2D eigenvalue weighted by Crippen LogP contribution is -2.30. The van der Waals surface area contributed by atoms with Crippen LogP contribution in [0, 0.1) is 0 Å². The van der Waals surface area contributed by atoms with Gasteiger partial charge in [-0.3, -0.25) is 4.79 Å². The van der Waals surface area contributed by atoms with Crippen LogP contribution in [0.15, 0.2) is 39.7 Å². The molecule has 0 fully saturated rings. The number of nitrogens with zero attached hydrogens (tertiary/aromatic N) is 1. The third-order valence-electron chi connectivity index (χ3n) is 3.65. The molecule has 2 aromatic rings. The fourth-order valence-corrected chi connectivity index (χ4v) is 4.10. The van der Waals surface area contributed by atoms with Crippen LogP contribution in [-0.2, 0) is 11.3 Å². The monoisotopic (exact) mass is 407 g/mol. The molecule has 2 heterocycles. The Morgan fingerprint density at radius 2 is 2.21 bits per heavy atom. The third kappa shape index (κ3) is 3.65. The summed E-state index contributed by atoms with van der Waals surface area (Å²) in [7, 11) is 1.81. The van der Waals surface area contributed by atoms with Crippen LogP contribution in [0.25, 0.3) is 6.08 Å². The second kappa shape index (κ2) is 7.40. The van der Waals surface area contributed by atoms with E-state index < -0.39 is 0 Å². The Balaban J connectivity index is 1.77. The van der Waals surface area contributed by atoms with Gasteiger partial charge in [0.05, 0.1) is 22.5 Å². The smallest absolute Gasteiger partial charge is 0.253 e. The number of hydrogen-bond acceptors (Lipinski definition) is 4. The van der Waals surface area contributed by atoms with Crippen molar-refractivity contribution in [3.05, 3.63) is 50.1 Å².